The Morgan fingerprint density at radius 1 is 1.14 bits per heavy atom. The van der Waals surface area contributed by atoms with Gasteiger partial charge in [-0.3, -0.25) is 9.78 Å². The Bertz CT molecular complexity index is 873. The summed E-state index contributed by atoms with van der Waals surface area (Å²) in [5, 5.41) is 12.3. The monoisotopic (exact) mass is 289 g/mol. The quantitative estimate of drug-likeness (QED) is 0.677. The van der Waals surface area contributed by atoms with Crippen molar-refractivity contribution in [1.29, 1.82) is 0 Å². The molecule has 0 unspecified atom stereocenters. The van der Waals surface area contributed by atoms with Gasteiger partial charge >= 0.3 is 0 Å². The van der Waals surface area contributed by atoms with Crippen LogP contribution in [-0.4, -0.2) is 15.1 Å². The van der Waals surface area contributed by atoms with Crippen LogP contribution in [0.2, 0.25) is 0 Å². The molecule has 0 fully saturated rings. The van der Waals surface area contributed by atoms with E-state index < -0.39 is 17.2 Å². The number of phenols is 1. The van der Waals surface area contributed by atoms with Gasteiger partial charge in [0.05, 0.1) is 5.52 Å². The molecule has 2 aromatic carbocycles. The summed E-state index contributed by atoms with van der Waals surface area (Å²) >= 11 is 0. The van der Waals surface area contributed by atoms with Crippen molar-refractivity contribution in [2.45, 2.75) is 0 Å². The standard InChI is InChI=1S/C14H9F2N3O2/c15-7-4-8(16)6-9(5-7)17-14-18-10-2-1-3-11(20)12(10)13(21)19-14/h1-6,20H,(H2,17,18,19,21). The summed E-state index contributed by atoms with van der Waals surface area (Å²) in [5.74, 6) is -1.68. The highest BCUT2D eigenvalue weighted by Gasteiger charge is 2.08. The minimum Gasteiger partial charge on any atom is -0.507 e. The summed E-state index contributed by atoms with van der Waals surface area (Å²) in [6.07, 6.45) is 0. The van der Waals surface area contributed by atoms with Crippen molar-refractivity contribution in [3.05, 3.63) is 58.4 Å². The topological polar surface area (TPSA) is 78.0 Å². The Labute approximate surface area is 116 Å². The predicted octanol–water partition coefficient (Wildman–Crippen LogP) is 2.65. The zero-order chi connectivity index (χ0) is 15.0. The third kappa shape index (κ3) is 2.53. The molecule has 106 valence electrons. The lowest BCUT2D eigenvalue weighted by molar-refractivity contribution is 0.481. The van der Waals surface area contributed by atoms with Gasteiger partial charge in [0.1, 0.15) is 22.8 Å². The van der Waals surface area contributed by atoms with Gasteiger partial charge in [0.15, 0.2) is 0 Å². The van der Waals surface area contributed by atoms with Crippen LogP contribution in [0.3, 0.4) is 0 Å². The van der Waals surface area contributed by atoms with E-state index in [2.05, 4.69) is 15.3 Å². The number of aromatic nitrogens is 2. The number of aromatic hydroxyl groups is 1. The molecular formula is C14H9F2N3O2. The first-order chi connectivity index (χ1) is 10.0. The third-order valence-electron chi connectivity index (χ3n) is 2.84. The van der Waals surface area contributed by atoms with Gasteiger partial charge in [0, 0.05) is 11.8 Å². The number of anilines is 2. The van der Waals surface area contributed by atoms with Crippen molar-refractivity contribution in [3.63, 3.8) is 0 Å². The van der Waals surface area contributed by atoms with E-state index in [-0.39, 0.29) is 28.3 Å². The summed E-state index contributed by atoms with van der Waals surface area (Å²) in [4.78, 5) is 18.4. The smallest absolute Gasteiger partial charge is 0.263 e. The van der Waals surface area contributed by atoms with Crippen LogP contribution >= 0.6 is 0 Å². The molecule has 0 aliphatic heterocycles. The van der Waals surface area contributed by atoms with E-state index in [0.717, 1.165) is 18.2 Å². The van der Waals surface area contributed by atoms with Crippen molar-refractivity contribution in [2.75, 3.05) is 5.32 Å². The summed E-state index contributed by atoms with van der Waals surface area (Å²) in [7, 11) is 0. The second kappa shape index (κ2) is 4.86. The highest BCUT2D eigenvalue weighted by Crippen LogP contribution is 2.21. The fraction of sp³-hybridized carbons (Fsp3) is 0. The number of hydrogen-bond acceptors (Lipinski definition) is 4. The molecule has 3 N–H and O–H groups in total. The molecule has 7 heteroatoms. The van der Waals surface area contributed by atoms with E-state index in [4.69, 9.17) is 0 Å². The van der Waals surface area contributed by atoms with Crippen molar-refractivity contribution < 1.29 is 13.9 Å². The van der Waals surface area contributed by atoms with E-state index in [1.54, 1.807) is 6.07 Å². The van der Waals surface area contributed by atoms with E-state index in [9.17, 15) is 18.7 Å². The Kier molecular flexibility index (Phi) is 3.02. The lowest BCUT2D eigenvalue weighted by Crippen LogP contribution is -2.11. The number of phenolic OH excluding ortho intramolecular Hbond substituents is 1. The third-order valence-corrected chi connectivity index (χ3v) is 2.84. The summed E-state index contributed by atoms with van der Waals surface area (Å²) in [6, 6.07) is 7.32. The summed E-state index contributed by atoms with van der Waals surface area (Å²) < 4.78 is 26.2. The molecule has 3 rings (SSSR count). The predicted molar refractivity (Wildman–Crippen MR) is 73.7 cm³/mol. The number of benzene rings is 2. The molecule has 5 nitrogen and oxygen atoms in total. The van der Waals surface area contributed by atoms with Crippen molar-refractivity contribution >= 4 is 22.5 Å². The molecular weight excluding hydrogens is 280 g/mol. The molecule has 0 aliphatic carbocycles. The van der Waals surface area contributed by atoms with Crippen LogP contribution in [0.25, 0.3) is 10.9 Å². The van der Waals surface area contributed by atoms with Crippen molar-refractivity contribution in [1.82, 2.24) is 9.97 Å². The molecule has 0 atom stereocenters. The Morgan fingerprint density at radius 2 is 1.86 bits per heavy atom. The Hall–Kier alpha value is -2.96. The number of nitrogens with one attached hydrogen (secondary N) is 2. The first-order valence-corrected chi connectivity index (χ1v) is 5.98. The molecule has 1 aromatic heterocycles. The molecule has 0 bridgehead atoms. The zero-order valence-electron chi connectivity index (χ0n) is 10.5. The molecule has 3 aromatic rings. The van der Waals surface area contributed by atoms with Crippen LogP contribution in [0.15, 0.2) is 41.2 Å². The molecule has 0 aliphatic rings. The van der Waals surface area contributed by atoms with Crippen LogP contribution in [0, 0.1) is 11.6 Å². The van der Waals surface area contributed by atoms with Gasteiger partial charge in [-0.1, -0.05) is 6.07 Å². The minimum atomic E-state index is -0.752. The van der Waals surface area contributed by atoms with Gasteiger partial charge < -0.3 is 10.4 Å². The number of fused-ring (bicyclic) bond motifs is 1. The fourth-order valence-corrected chi connectivity index (χ4v) is 1.99. The van der Waals surface area contributed by atoms with Gasteiger partial charge in [0.2, 0.25) is 5.95 Å². The number of aromatic amines is 1. The van der Waals surface area contributed by atoms with Gasteiger partial charge in [-0.15, -0.1) is 0 Å². The first-order valence-electron chi connectivity index (χ1n) is 5.98. The second-order valence-electron chi connectivity index (χ2n) is 4.37. The van der Waals surface area contributed by atoms with E-state index in [1.165, 1.54) is 12.1 Å². The molecule has 21 heavy (non-hydrogen) atoms. The fourth-order valence-electron chi connectivity index (χ4n) is 1.99. The van der Waals surface area contributed by atoms with Crippen LogP contribution in [-0.2, 0) is 0 Å². The molecule has 0 radical (unpaired) electrons. The van der Waals surface area contributed by atoms with Gasteiger partial charge in [-0.25, -0.2) is 13.8 Å². The molecule has 0 saturated carbocycles. The van der Waals surface area contributed by atoms with Gasteiger partial charge in [-0.2, -0.15) is 0 Å². The largest absolute Gasteiger partial charge is 0.507 e. The van der Waals surface area contributed by atoms with Gasteiger partial charge in [0.25, 0.3) is 5.56 Å². The maximum atomic E-state index is 13.1. The zero-order valence-corrected chi connectivity index (χ0v) is 10.5. The lowest BCUT2D eigenvalue weighted by Gasteiger charge is -2.07. The first kappa shape index (κ1) is 13.0. The van der Waals surface area contributed by atoms with E-state index >= 15 is 0 Å². The highest BCUT2D eigenvalue weighted by atomic mass is 19.1. The number of hydrogen-bond donors (Lipinski definition) is 3. The van der Waals surface area contributed by atoms with E-state index in [1.807, 2.05) is 0 Å². The molecule has 0 saturated heterocycles. The van der Waals surface area contributed by atoms with Crippen molar-refractivity contribution in [2.24, 2.45) is 0 Å². The van der Waals surface area contributed by atoms with Gasteiger partial charge in [-0.05, 0) is 24.3 Å². The molecule has 1 heterocycles. The highest BCUT2D eigenvalue weighted by molar-refractivity contribution is 5.84. The maximum absolute atomic E-state index is 13.1. The minimum absolute atomic E-state index is 0.0168. The number of halogens is 2. The number of nitrogens with zero attached hydrogens (tertiary/aromatic N) is 1. The van der Waals surface area contributed by atoms with Crippen molar-refractivity contribution in [3.8, 4) is 5.75 Å². The number of rotatable bonds is 2. The van der Waals surface area contributed by atoms with Crippen LogP contribution in [0.5, 0.6) is 5.75 Å². The normalized spacial score (nSPS) is 10.8. The average Bonchev–Trinajstić information content (AvgIpc) is 2.36. The average molecular weight is 289 g/mol. The number of H-pyrrole nitrogens is 1. The Morgan fingerprint density at radius 3 is 2.57 bits per heavy atom. The lowest BCUT2D eigenvalue weighted by atomic mass is 10.2. The van der Waals surface area contributed by atoms with Crippen LogP contribution in [0.1, 0.15) is 0 Å². The summed E-state index contributed by atoms with van der Waals surface area (Å²) in [5.41, 5.74) is -0.189. The Balaban J connectivity index is 2.07. The second-order valence-corrected chi connectivity index (χ2v) is 4.37. The summed E-state index contributed by atoms with van der Waals surface area (Å²) in [6.45, 7) is 0. The van der Waals surface area contributed by atoms with Crippen LogP contribution in [0.4, 0.5) is 20.4 Å². The molecule has 0 amide bonds. The van der Waals surface area contributed by atoms with E-state index in [0.29, 0.717) is 0 Å². The molecule has 0 spiro atoms. The maximum Gasteiger partial charge on any atom is 0.263 e. The van der Waals surface area contributed by atoms with Crippen LogP contribution < -0.4 is 10.9 Å². The SMILES string of the molecule is O=c1[nH]c(Nc2cc(F)cc(F)c2)nc2cccc(O)c12.